The minimum atomic E-state index is -1.89. The Morgan fingerprint density at radius 2 is 1.66 bits per heavy atom. The van der Waals surface area contributed by atoms with Crippen molar-refractivity contribution in [3.05, 3.63) is 46.5 Å². The molecule has 1 aromatic carbocycles. The molecule has 2 unspecified atom stereocenters. The number of aliphatic hydroxyl groups is 1. The van der Waals surface area contributed by atoms with Crippen LogP contribution in [0.25, 0.3) is 0 Å². The molecule has 1 saturated carbocycles. The van der Waals surface area contributed by atoms with E-state index < -0.39 is 88.3 Å². The van der Waals surface area contributed by atoms with Crippen LogP contribution in [0.1, 0.15) is 97.5 Å². The summed E-state index contributed by atoms with van der Waals surface area (Å²) in [6, 6.07) is 3.55. The molecule has 2 N–H and O–H groups in total. The normalized spacial score (nSPS) is 32.3. The number of benzene rings is 1. The van der Waals surface area contributed by atoms with E-state index in [9.17, 15) is 43.5 Å². The zero-order valence-electron chi connectivity index (χ0n) is 42.8. The van der Waals surface area contributed by atoms with Crippen LogP contribution in [0.15, 0.2) is 35.9 Å². The van der Waals surface area contributed by atoms with Gasteiger partial charge in [-0.15, -0.1) is 16.8 Å². The number of halogens is 1. The van der Waals surface area contributed by atoms with Gasteiger partial charge in [0.1, 0.15) is 40.3 Å². The van der Waals surface area contributed by atoms with Gasteiger partial charge in [-0.1, -0.05) is 35.4 Å². The molecule has 0 radical (unpaired) electrons. The van der Waals surface area contributed by atoms with Crippen LogP contribution >= 0.6 is 23.4 Å². The number of rotatable bonds is 16. The lowest BCUT2D eigenvalue weighted by atomic mass is 9.72. The first-order valence-corrected chi connectivity index (χ1v) is 26.3. The van der Waals surface area contributed by atoms with Crippen molar-refractivity contribution in [2.24, 2.45) is 11.8 Å². The minimum absolute atomic E-state index is 0.00477. The number of hydrogen-bond acceptors (Lipinski definition) is 18. The van der Waals surface area contributed by atoms with Crippen molar-refractivity contribution in [1.29, 1.82) is 0 Å². The molecule has 0 aromatic heterocycles. The van der Waals surface area contributed by atoms with Crippen molar-refractivity contribution in [2.45, 2.75) is 145 Å². The molecule has 7 aliphatic rings. The summed E-state index contributed by atoms with van der Waals surface area (Å²) in [6.07, 6.45) is 2.29. The van der Waals surface area contributed by atoms with Crippen LogP contribution in [0.2, 0.25) is 5.02 Å². The van der Waals surface area contributed by atoms with E-state index in [1.54, 1.807) is 45.2 Å². The highest BCUT2D eigenvalue weighted by Gasteiger charge is 2.63. The summed E-state index contributed by atoms with van der Waals surface area (Å²) < 4.78 is 41.1. The third-order valence-electron chi connectivity index (χ3n) is 14.6. The Labute approximate surface area is 439 Å². The highest BCUT2D eigenvalue weighted by Crippen LogP contribution is 2.50. The number of nitrogens with one attached hydrogen (secondary N) is 1. The Kier molecular flexibility index (Phi) is 18.2. The van der Waals surface area contributed by atoms with E-state index in [0.29, 0.717) is 54.4 Å². The van der Waals surface area contributed by atoms with E-state index in [1.807, 2.05) is 13.0 Å². The van der Waals surface area contributed by atoms with Crippen LogP contribution in [0.5, 0.6) is 5.75 Å². The zero-order valence-corrected chi connectivity index (χ0v) is 44.4. The monoisotopic (exact) mass is 1070 g/mol. The molecule has 1 aliphatic carbocycles. The number of allylic oxidation sites excluding steroid dienone is 3. The number of hydrogen-bond donors (Lipinski definition) is 2. The number of likely N-dealkylation sites (tertiary alicyclic amines) is 1. The molecule has 6 aliphatic heterocycles. The van der Waals surface area contributed by atoms with Crippen LogP contribution in [-0.4, -0.2) is 163 Å². The van der Waals surface area contributed by atoms with Crippen molar-refractivity contribution >= 4 is 76.6 Å². The molecule has 6 bridgehead atoms. The fourth-order valence-electron chi connectivity index (χ4n) is 10.5. The van der Waals surface area contributed by atoms with Crippen molar-refractivity contribution in [1.82, 2.24) is 15.3 Å². The predicted molar refractivity (Wildman–Crippen MR) is 265 cm³/mol. The Morgan fingerprint density at radius 3 is 2.34 bits per heavy atom. The first-order chi connectivity index (χ1) is 35.1. The van der Waals surface area contributed by atoms with E-state index in [-0.39, 0.29) is 87.6 Å². The maximum atomic E-state index is 14.3. The Balaban J connectivity index is 0.910. The summed E-state index contributed by atoms with van der Waals surface area (Å²) in [5.74, 6) is -3.19. The number of alkyl carbamates (subject to hydrolysis) is 1. The lowest BCUT2D eigenvalue weighted by molar-refractivity contribution is -0.328. The number of esters is 1. The number of imide groups is 2. The van der Waals surface area contributed by atoms with Crippen LogP contribution in [0.4, 0.5) is 10.5 Å². The van der Waals surface area contributed by atoms with E-state index in [2.05, 4.69) is 5.32 Å². The van der Waals surface area contributed by atoms with E-state index in [1.165, 1.54) is 42.7 Å². The van der Waals surface area contributed by atoms with Crippen LogP contribution in [-0.2, 0) is 73.2 Å². The average molecular weight is 1080 g/mol. The predicted octanol–water partition coefficient (Wildman–Crippen LogP) is 4.51. The number of carbonyl (C=O) groups is 8. The average Bonchev–Trinajstić information content (AvgIpc) is 3.80. The highest BCUT2D eigenvalue weighted by atomic mass is 35.5. The third kappa shape index (κ3) is 12.9. The number of ether oxygens (including phenoxy) is 7. The molecule has 6 heterocycles. The van der Waals surface area contributed by atoms with E-state index in [0.717, 1.165) is 11.1 Å². The summed E-state index contributed by atoms with van der Waals surface area (Å²) >= 11 is 8.11. The van der Waals surface area contributed by atoms with Gasteiger partial charge in [0.2, 0.25) is 17.7 Å². The van der Waals surface area contributed by atoms with Crippen molar-refractivity contribution in [2.75, 3.05) is 58.3 Å². The number of amides is 6. The molecule has 6 amide bonds. The number of nitrogens with zero attached hydrogens (tertiary/aromatic N) is 3. The molecular formula is C51H67ClN4O17S. The molecule has 8 rings (SSSR count). The van der Waals surface area contributed by atoms with Gasteiger partial charge < -0.3 is 48.0 Å². The van der Waals surface area contributed by atoms with Gasteiger partial charge in [0, 0.05) is 58.6 Å². The van der Waals surface area contributed by atoms with Gasteiger partial charge in [0.15, 0.2) is 11.8 Å². The van der Waals surface area contributed by atoms with Gasteiger partial charge in [-0.3, -0.25) is 34.2 Å². The van der Waals surface area contributed by atoms with Crippen LogP contribution in [0.3, 0.4) is 0 Å². The number of thioether (sulfide) groups is 1. The van der Waals surface area contributed by atoms with Gasteiger partial charge in [0.25, 0.3) is 11.8 Å². The second-order valence-electron chi connectivity index (χ2n) is 20.2. The Morgan fingerprint density at radius 1 is 0.959 bits per heavy atom. The first kappa shape index (κ1) is 56.6. The van der Waals surface area contributed by atoms with Crippen molar-refractivity contribution < 1.29 is 81.5 Å². The lowest BCUT2D eigenvalue weighted by Gasteiger charge is -2.59. The molecular weight excluding hydrogens is 1010 g/mol. The molecule has 74 heavy (non-hydrogen) atoms. The fraction of sp³-hybridized carbons (Fsp3) is 0.647. The van der Waals surface area contributed by atoms with Crippen LogP contribution < -0.4 is 15.0 Å². The summed E-state index contributed by atoms with van der Waals surface area (Å²) in [4.78, 5) is 111. The second-order valence-corrected chi connectivity index (χ2v) is 21.9. The van der Waals surface area contributed by atoms with Gasteiger partial charge in [-0.05, 0) is 83.4 Å². The molecule has 5 fully saturated rings. The summed E-state index contributed by atoms with van der Waals surface area (Å²) in [5, 5.41) is 14.5. The van der Waals surface area contributed by atoms with Crippen LogP contribution in [0, 0.1) is 11.8 Å². The molecule has 4 saturated heterocycles. The fourth-order valence-corrected chi connectivity index (χ4v) is 11.8. The van der Waals surface area contributed by atoms with E-state index in [4.69, 9.17) is 49.6 Å². The molecule has 406 valence electrons. The third-order valence-corrected chi connectivity index (χ3v) is 16.2. The largest absolute Gasteiger partial charge is 0.495 e. The zero-order chi connectivity index (χ0) is 53.7. The Bertz CT molecular complexity index is 2390. The topological polar surface area (TPSA) is 252 Å². The first-order valence-electron chi connectivity index (χ1n) is 24.9. The highest BCUT2D eigenvalue weighted by molar-refractivity contribution is 8.00. The summed E-state index contributed by atoms with van der Waals surface area (Å²) in [7, 11) is 4.45. The molecule has 8 atom stereocenters. The van der Waals surface area contributed by atoms with E-state index >= 15 is 0 Å². The van der Waals surface area contributed by atoms with Gasteiger partial charge >= 0.3 is 18.0 Å². The smallest absolute Gasteiger partial charge is 0.409 e. The maximum Gasteiger partial charge on any atom is 0.409 e. The van der Waals surface area contributed by atoms with Gasteiger partial charge in [-0.2, -0.15) is 0 Å². The number of carbonyl (C=O) groups excluding carboxylic acids is 8. The van der Waals surface area contributed by atoms with Gasteiger partial charge in [-0.25, -0.2) is 14.4 Å². The molecule has 23 heteroatoms. The molecule has 0 spiro atoms. The minimum Gasteiger partial charge on any atom is -0.495 e. The molecule has 21 nitrogen and oxygen atoms in total. The van der Waals surface area contributed by atoms with Crippen molar-refractivity contribution in [3.63, 3.8) is 0 Å². The quantitative estimate of drug-likeness (QED) is 0.131. The number of anilines is 1. The number of fused-ring (bicyclic) bond motifs is 6. The van der Waals surface area contributed by atoms with Gasteiger partial charge in [0.05, 0.1) is 50.2 Å². The summed E-state index contributed by atoms with van der Waals surface area (Å²) in [5.41, 5.74) is -2.32. The lowest BCUT2D eigenvalue weighted by Crippen LogP contribution is -2.72. The number of hydroxylamine groups is 2. The Hall–Kier alpha value is -5.10. The van der Waals surface area contributed by atoms with Crippen molar-refractivity contribution in [3.8, 4) is 5.75 Å². The molecule has 1 aromatic rings. The maximum absolute atomic E-state index is 14.3. The standard InChI is InChI=1S/C51H67ClN4O17S/c1-29-9-8-10-37(67-7)51(65)26-39(71-48(64)53-51)50(4)28-49(3,73-50)38(25-42(59)54(5)34-22-32(21-29)23-35(66-6)44(34)52)70-46(62)30(2)69-18-17-68-19-20-74-36-24-43(60)55(45(36)61)27-31-11-13-33(14-12-31)47(63)72-56-40(57)15-16-41(56)58/h8-10,22-23,30-31,33,36-39,65H,11-21,24-28H2,1-7H3,(H,53,64)/b10-8+,29-9+/t30-,31?,33?,36?,37+,38-,39?,49+,50+,51-/m0/s1. The number of methoxy groups -OCH3 is 2. The second kappa shape index (κ2) is 23.8. The SMILES string of the molecule is COc1cc2cc(c1Cl)N(C)C(=O)C[C@H](OC(=O)[C@H](C)OCCOCCSC1CC(=O)N(CC3CCC(C(=O)ON4C(=O)CCC4=O)CC3)C1=O)[C@@]1(C)C[C@@](C)(O1)C1C[C@@](O)(NC(=O)O1)[C@H](OC)/C=C/C=C(\C)C2. The summed E-state index contributed by atoms with van der Waals surface area (Å²) in [6.45, 7) is 7.38.